The summed E-state index contributed by atoms with van der Waals surface area (Å²) >= 11 is 7.27. The van der Waals surface area contributed by atoms with Crippen LogP contribution in [0, 0.1) is 6.92 Å². The van der Waals surface area contributed by atoms with Crippen molar-refractivity contribution in [1.29, 1.82) is 0 Å². The first kappa shape index (κ1) is 22.7. The molecule has 0 fully saturated rings. The van der Waals surface area contributed by atoms with Gasteiger partial charge >= 0.3 is 0 Å². The monoisotopic (exact) mass is 454 g/mol. The summed E-state index contributed by atoms with van der Waals surface area (Å²) in [6.45, 7) is 2.50. The van der Waals surface area contributed by atoms with Crippen LogP contribution in [0.4, 0.5) is 0 Å². The van der Waals surface area contributed by atoms with Crippen LogP contribution in [-0.2, 0) is 11.4 Å². The first-order chi connectivity index (χ1) is 15.0. The molecule has 5 nitrogen and oxygen atoms in total. The third kappa shape index (κ3) is 7.35. The molecule has 0 atom stereocenters. The molecule has 0 aliphatic rings. The number of ether oxygens (including phenoxy) is 2. The fraction of sp³-hybridized carbons (Fsp3) is 0.167. The van der Waals surface area contributed by atoms with Gasteiger partial charge in [0.1, 0.15) is 6.61 Å². The van der Waals surface area contributed by atoms with Crippen LogP contribution in [0.1, 0.15) is 16.7 Å². The van der Waals surface area contributed by atoms with Crippen LogP contribution < -0.4 is 14.9 Å². The lowest BCUT2D eigenvalue weighted by molar-refractivity contribution is -0.118. The zero-order valence-corrected chi connectivity index (χ0v) is 18.9. The number of aryl methyl sites for hydroxylation is 1. The maximum atomic E-state index is 12.0. The Kier molecular flexibility index (Phi) is 8.38. The topological polar surface area (TPSA) is 59.9 Å². The highest BCUT2D eigenvalue weighted by Gasteiger charge is 2.06. The molecular formula is C24H23ClN2O3S. The second-order valence-electron chi connectivity index (χ2n) is 6.72. The van der Waals surface area contributed by atoms with Gasteiger partial charge in [-0.25, -0.2) is 5.43 Å². The van der Waals surface area contributed by atoms with Gasteiger partial charge in [0.2, 0.25) is 5.91 Å². The smallest absolute Gasteiger partial charge is 0.250 e. The number of nitrogens with one attached hydrogen (secondary N) is 1. The van der Waals surface area contributed by atoms with Crippen molar-refractivity contribution >= 4 is 35.5 Å². The predicted molar refractivity (Wildman–Crippen MR) is 126 cm³/mol. The third-order valence-electron chi connectivity index (χ3n) is 4.29. The van der Waals surface area contributed by atoms with Crippen molar-refractivity contribution in [2.45, 2.75) is 18.4 Å². The van der Waals surface area contributed by atoms with E-state index in [9.17, 15) is 4.79 Å². The number of thioether (sulfide) groups is 1. The lowest BCUT2D eigenvalue weighted by atomic mass is 10.2. The summed E-state index contributed by atoms with van der Waals surface area (Å²) in [6.07, 6.45) is 1.57. The maximum absolute atomic E-state index is 12.0. The third-order valence-corrected chi connectivity index (χ3v) is 5.55. The minimum absolute atomic E-state index is 0.193. The average Bonchev–Trinajstić information content (AvgIpc) is 2.78. The van der Waals surface area contributed by atoms with Crippen molar-refractivity contribution < 1.29 is 14.3 Å². The second-order valence-corrected chi connectivity index (χ2v) is 8.21. The van der Waals surface area contributed by atoms with E-state index in [1.165, 1.54) is 17.3 Å². The van der Waals surface area contributed by atoms with Crippen molar-refractivity contribution in [1.82, 2.24) is 5.43 Å². The highest BCUT2D eigenvalue weighted by atomic mass is 35.5. The van der Waals surface area contributed by atoms with E-state index in [4.69, 9.17) is 21.1 Å². The number of rotatable bonds is 9. The average molecular weight is 455 g/mol. The van der Waals surface area contributed by atoms with Gasteiger partial charge in [-0.1, -0.05) is 41.4 Å². The van der Waals surface area contributed by atoms with Gasteiger partial charge in [0.25, 0.3) is 0 Å². The van der Waals surface area contributed by atoms with E-state index in [0.717, 1.165) is 16.0 Å². The molecule has 0 bridgehead atoms. The molecule has 0 radical (unpaired) electrons. The summed E-state index contributed by atoms with van der Waals surface area (Å²) in [4.78, 5) is 12.9. The van der Waals surface area contributed by atoms with Crippen LogP contribution in [0.3, 0.4) is 0 Å². The lowest BCUT2D eigenvalue weighted by Crippen LogP contribution is -2.19. The molecule has 3 rings (SSSR count). The van der Waals surface area contributed by atoms with E-state index in [-0.39, 0.29) is 11.7 Å². The Morgan fingerprint density at radius 1 is 1.06 bits per heavy atom. The number of hydrogen-bond donors (Lipinski definition) is 1. The van der Waals surface area contributed by atoms with Gasteiger partial charge in [0, 0.05) is 9.92 Å². The quantitative estimate of drug-likeness (QED) is 0.264. The zero-order chi connectivity index (χ0) is 22.1. The molecule has 3 aromatic carbocycles. The molecular weight excluding hydrogens is 432 g/mol. The number of carbonyl (C=O) groups excluding carboxylic acids is 1. The zero-order valence-electron chi connectivity index (χ0n) is 17.3. The number of hydrogen-bond acceptors (Lipinski definition) is 5. The van der Waals surface area contributed by atoms with Crippen molar-refractivity contribution in [3.05, 3.63) is 88.4 Å². The van der Waals surface area contributed by atoms with Gasteiger partial charge in [-0.3, -0.25) is 4.79 Å². The molecule has 0 aliphatic heterocycles. The predicted octanol–water partition coefficient (Wildman–Crippen LogP) is 5.48. The van der Waals surface area contributed by atoms with Crippen LogP contribution in [-0.4, -0.2) is 25.0 Å². The fourth-order valence-corrected chi connectivity index (χ4v) is 3.44. The number of benzene rings is 3. The van der Waals surface area contributed by atoms with E-state index in [1.807, 2.05) is 42.5 Å². The fourth-order valence-electron chi connectivity index (χ4n) is 2.62. The largest absolute Gasteiger partial charge is 0.493 e. The number of methoxy groups -OCH3 is 1. The molecule has 7 heteroatoms. The number of hydrazone groups is 1. The first-order valence-corrected chi connectivity index (χ1v) is 11.0. The molecule has 0 aromatic heterocycles. The summed E-state index contributed by atoms with van der Waals surface area (Å²) in [5.74, 6) is 1.30. The Morgan fingerprint density at radius 2 is 1.81 bits per heavy atom. The molecule has 1 N–H and O–H groups in total. The van der Waals surface area contributed by atoms with Crippen LogP contribution in [0.2, 0.25) is 5.02 Å². The Labute approximate surface area is 191 Å². The summed E-state index contributed by atoms with van der Waals surface area (Å²) in [5.41, 5.74) is 5.60. The Hall–Kier alpha value is -2.96. The van der Waals surface area contributed by atoms with Gasteiger partial charge in [0.05, 0.1) is 19.1 Å². The van der Waals surface area contributed by atoms with Crippen molar-refractivity contribution in [3.63, 3.8) is 0 Å². The number of carbonyl (C=O) groups is 1. The van der Waals surface area contributed by atoms with E-state index in [1.54, 1.807) is 25.5 Å². The molecule has 160 valence electrons. The molecule has 0 spiro atoms. The van der Waals surface area contributed by atoms with E-state index >= 15 is 0 Å². The number of halogens is 1. The van der Waals surface area contributed by atoms with Crippen molar-refractivity contribution in [3.8, 4) is 11.5 Å². The SMILES string of the molecule is COc1cc(/C=N/NC(=O)CSc2ccc(Cl)cc2)ccc1OCc1ccc(C)cc1. The van der Waals surface area contributed by atoms with Crippen molar-refractivity contribution in [2.75, 3.05) is 12.9 Å². The minimum atomic E-state index is -0.193. The first-order valence-electron chi connectivity index (χ1n) is 9.60. The van der Waals surface area contributed by atoms with E-state index < -0.39 is 0 Å². The molecule has 0 aliphatic carbocycles. The number of amides is 1. The van der Waals surface area contributed by atoms with Gasteiger partial charge in [-0.2, -0.15) is 5.10 Å². The van der Waals surface area contributed by atoms with E-state index in [0.29, 0.717) is 23.1 Å². The summed E-state index contributed by atoms with van der Waals surface area (Å²) in [7, 11) is 1.59. The van der Waals surface area contributed by atoms with Gasteiger partial charge in [-0.15, -0.1) is 11.8 Å². The Morgan fingerprint density at radius 3 is 2.52 bits per heavy atom. The molecule has 0 saturated heterocycles. The lowest BCUT2D eigenvalue weighted by Gasteiger charge is -2.11. The highest BCUT2D eigenvalue weighted by Crippen LogP contribution is 2.28. The standard InChI is InChI=1S/C24H23ClN2O3S/c1-17-3-5-18(6-4-17)15-30-22-12-7-19(13-23(22)29-2)14-26-27-24(28)16-31-21-10-8-20(25)9-11-21/h3-14H,15-16H2,1-2H3,(H,27,28)/b26-14+. The molecule has 0 saturated carbocycles. The van der Waals surface area contributed by atoms with Crippen LogP contribution >= 0.6 is 23.4 Å². The van der Waals surface area contributed by atoms with Gasteiger partial charge < -0.3 is 9.47 Å². The normalized spacial score (nSPS) is 10.8. The molecule has 1 amide bonds. The van der Waals surface area contributed by atoms with E-state index in [2.05, 4.69) is 29.6 Å². The molecule has 3 aromatic rings. The minimum Gasteiger partial charge on any atom is -0.493 e. The maximum Gasteiger partial charge on any atom is 0.250 e. The highest BCUT2D eigenvalue weighted by molar-refractivity contribution is 8.00. The van der Waals surface area contributed by atoms with Gasteiger partial charge in [0.15, 0.2) is 11.5 Å². The van der Waals surface area contributed by atoms with Crippen LogP contribution in [0.25, 0.3) is 0 Å². The molecule has 0 heterocycles. The summed E-state index contributed by atoms with van der Waals surface area (Å²) in [6, 6.07) is 21.0. The Balaban J connectivity index is 1.51. The summed E-state index contributed by atoms with van der Waals surface area (Å²) < 4.78 is 11.3. The molecule has 31 heavy (non-hydrogen) atoms. The van der Waals surface area contributed by atoms with Gasteiger partial charge in [-0.05, 0) is 60.5 Å². The summed E-state index contributed by atoms with van der Waals surface area (Å²) in [5, 5.41) is 4.69. The second kappa shape index (κ2) is 11.4. The van der Waals surface area contributed by atoms with Crippen LogP contribution in [0.15, 0.2) is 76.7 Å². The van der Waals surface area contributed by atoms with Crippen LogP contribution in [0.5, 0.6) is 11.5 Å². The molecule has 0 unspecified atom stereocenters. The van der Waals surface area contributed by atoms with Crippen molar-refractivity contribution in [2.24, 2.45) is 5.10 Å². The number of nitrogens with zero attached hydrogens (tertiary/aromatic N) is 1. The Bertz CT molecular complexity index is 1040.